The third-order valence-electron chi connectivity index (χ3n) is 5.35. The van der Waals surface area contributed by atoms with Gasteiger partial charge in [-0.25, -0.2) is 9.97 Å². The summed E-state index contributed by atoms with van der Waals surface area (Å²) in [5.41, 5.74) is 1.82. The molecule has 136 valence electrons. The molecule has 0 spiro atoms. The summed E-state index contributed by atoms with van der Waals surface area (Å²) >= 11 is 0. The fraction of sp³-hybridized carbons (Fsp3) is 0.500. The normalized spacial score (nSPS) is 20.7. The van der Waals surface area contributed by atoms with Crippen molar-refractivity contribution in [2.75, 3.05) is 18.4 Å². The van der Waals surface area contributed by atoms with Gasteiger partial charge >= 0.3 is 0 Å². The van der Waals surface area contributed by atoms with Gasteiger partial charge in [0.05, 0.1) is 0 Å². The van der Waals surface area contributed by atoms with Gasteiger partial charge in [-0.2, -0.15) is 0 Å². The largest absolute Gasteiger partial charge is 0.370 e. The highest BCUT2D eigenvalue weighted by atomic mass is 16.2. The molecule has 6 heteroatoms. The maximum Gasteiger partial charge on any atom is 0.223 e. The topological polar surface area (TPSA) is 71.0 Å². The van der Waals surface area contributed by atoms with Crippen LogP contribution in [0.5, 0.6) is 0 Å². The fourth-order valence-electron chi connectivity index (χ4n) is 4.05. The first kappa shape index (κ1) is 16.9. The molecular weight excluding hydrogens is 326 g/mol. The van der Waals surface area contributed by atoms with Crippen molar-refractivity contribution < 1.29 is 4.79 Å². The second-order valence-electron chi connectivity index (χ2n) is 7.40. The van der Waals surface area contributed by atoms with Crippen molar-refractivity contribution in [3.63, 3.8) is 0 Å². The Kier molecular flexibility index (Phi) is 4.82. The van der Waals surface area contributed by atoms with Crippen LogP contribution in [0.4, 0.5) is 5.82 Å². The molecule has 1 saturated heterocycles. The summed E-state index contributed by atoms with van der Waals surface area (Å²) in [7, 11) is 0. The lowest BCUT2D eigenvalue weighted by Crippen LogP contribution is -2.34. The number of anilines is 1. The molecule has 1 unspecified atom stereocenters. The summed E-state index contributed by atoms with van der Waals surface area (Å²) in [6, 6.07) is 6.27. The molecule has 26 heavy (non-hydrogen) atoms. The number of hydrogen-bond donors (Lipinski definition) is 1. The molecule has 2 aromatic rings. The highest BCUT2D eigenvalue weighted by molar-refractivity contribution is 5.79. The van der Waals surface area contributed by atoms with Gasteiger partial charge in [-0.15, -0.1) is 0 Å². The van der Waals surface area contributed by atoms with Crippen LogP contribution in [0.2, 0.25) is 0 Å². The van der Waals surface area contributed by atoms with Crippen LogP contribution >= 0.6 is 0 Å². The van der Waals surface area contributed by atoms with Gasteiger partial charge < -0.3 is 10.2 Å². The summed E-state index contributed by atoms with van der Waals surface area (Å²) in [6.45, 7) is 3.60. The third kappa shape index (κ3) is 3.69. The Morgan fingerprint density at radius 2 is 2.12 bits per heavy atom. The van der Waals surface area contributed by atoms with Gasteiger partial charge in [0.15, 0.2) is 5.82 Å². The minimum atomic E-state index is 0.318. The minimum Gasteiger partial charge on any atom is -0.370 e. The second-order valence-corrected chi connectivity index (χ2v) is 7.40. The Morgan fingerprint density at radius 1 is 1.27 bits per heavy atom. The van der Waals surface area contributed by atoms with Crippen molar-refractivity contribution in [1.82, 2.24) is 19.9 Å². The standard InChI is InChI=1S/C20H25N5O/c1-14-9-18(24-20(23-14)16-5-4-8-21-12-16)22-11-15-10-19(26)25(13-15)17-6-2-3-7-17/h4-5,8-9,12,15,17H,2-3,6-7,10-11,13H2,1H3,(H,22,23,24). The number of carbonyl (C=O) groups is 1. The average Bonchev–Trinajstić information content (AvgIpc) is 3.30. The Balaban J connectivity index is 1.40. The van der Waals surface area contributed by atoms with Gasteiger partial charge in [-0.05, 0) is 31.9 Å². The number of aromatic nitrogens is 3. The molecular formula is C20H25N5O. The predicted molar refractivity (Wildman–Crippen MR) is 101 cm³/mol. The summed E-state index contributed by atoms with van der Waals surface area (Å²) in [5, 5.41) is 3.42. The minimum absolute atomic E-state index is 0.318. The molecule has 1 aliphatic heterocycles. The molecule has 1 amide bonds. The van der Waals surface area contributed by atoms with E-state index in [0.29, 0.717) is 30.1 Å². The molecule has 0 bridgehead atoms. The monoisotopic (exact) mass is 351 g/mol. The Bertz CT molecular complexity index is 773. The van der Waals surface area contributed by atoms with Crippen LogP contribution in [0.1, 0.15) is 37.8 Å². The molecule has 1 aliphatic carbocycles. The van der Waals surface area contributed by atoms with E-state index in [9.17, 15) is 4.79 Å². The van der Waals surface area contributed by atoms with Crippen LogP contribution < -0.4 is 5.32 Å². The summed E-state index contributed by atoms with van der Waals surface area (Å²) in [4.78, 5) is 27.7. The van der Waals surface area contributed by atoms with Gasteiger partial charge in [0, 0.05) is 61.2 Å². The van der Waals surface area contributed by atoms with Crippen LogP contribution in [0.25, 0.3) is 11.4 Å². The molecule has 2 aromatic heterocycles. The van der Waals surface area contributed by atoms with E-state index >= 15 is 0 Å². The molecule has 2 fully saturated rings. The van der Waals surface area contributed by atoms with Crippen LogP contribution in [0, 0.1) is 12.8 Å². The number of carbonyl (C=O) groups excluding carboxylic acids is 1. The summed E-state index contributed by atoms with van der Waals surface area (Å²) in [6.07, 6.45) is 9.02. The molecule has 0 radical (unpaired) electrons. The van der Waals surface area contributed by atoms with Crippen molar-refractivity contribution in [3.8, 4) is 11.4 Å². The first-order chi connectivity index (χ1) is 12.7. The van der Waals surface area contributed by atoms with Gasteiger partial charge in [0.2, 0.25) is 5.91 Å². The number of rotatable bonds is 5. The molecule has 1 atom stereocenters. The molecule has 0 aromatic carbocycles. The van der Waals surface area contributed by atoms with Crippen molar-refractivity contribution in [1.29, 1.82) is 0 Å². The smallest absolute Gasteiger partial charge is 0.223 e. The van der Waals surface area contributed by atoms with E-state index < -0.39 is 0 Å². The van der Waals surface area contributed by atoms with Crippen molar-refractivity contribution >= 4 is 11.7 Å². The second kappa shape index (κ2) is 7.40. The van der Waals surface area contributed by atoms with Gasteiger partial charge in [-0.3, -0.25) is 9.78 Å². The molecule has 1 N–H and O–H groups in total. The Hall–Kier alpha value is -2.50. The van der Waals surface area contributed by atoms with Crippen LogP contribution in [-0.4, -0.2) is 44.9 Å². The third-order valence-corrected chi connectivity index (χ3v) is 5.35. The SMILES string of the molecule is Cc1cc(NCC2CC(=O)N(C3CCCC3)C2)nc(-c2cccnc2)n1. The zero-order valence-electron chi connectivity index (χ0n) is 15.2. The van der Waals surface area contributed by atoms with E-state index in [-0.39, 0.29) is 0 Å². The number of nitrogens with zero attached hydrogens (tertiary/aromatic N) is 4. The van der Waals surface area contributed by atoms with Crippen LogP contribution in [0.15, 0.2) is 30.6 Å². The number of hydrogen-bond acceptors (Lipinski definition) is 5. The average molecular weight is 351 g/mol. The molecule has 6 nitrogen and oxygen atoms in total. The predicted octanol–water partition coefficient (Wildman–Crippen LogP) is 3.05. The molecule has 1 saturated carbocycles. The van der Waals surface area contributed by atoms with E-state index in [2.05, 4.69) is 25.2 Å². The Morgan fingerprint density at radius 3 is 2.88 bits per heavy atom. The highest BCUT2D eigenvalue weighted by Gasteiger charge is 2.35. The molecule has 2 aliphatic rings. The van der Waals surface area contributed by atoms with E-state index in [4.69, 9.17) is 0 Å². The van der Waals surface area contributed by atoms with Gasteiger partial charge in [0.1, 0.15) is 5.82 Å². The van der Waals surface area contributed by atoms with Crippen molar-refractivity contribution in [2.45, 2.75) is 45.1 Å². The zero-order valence-corrected chi connectivity index (χ0v) is 15.2. The lowest BCUT2D eigenvalue weighted by molar-refractivity contribution is -0.129. The maximum absolute atomic E-state index is 12.3. The van der Waals surface area contributed by atoms with Crippen LogP contribution in [-0.2, 0) is 4.79 Å². The molecule has 4 rings (SSSR count). The summed E-state index contributed by atoms with van der Waals surface area (Å²) < 4.78 is 0. The first-order valence-corrected chi connectivity index (χ1v) is 9.48. The van der Waals surface area contributed by atoms with Gasteiger partial charge in [-0.1, -0.05) is 12.8 Å². The van der Waals surface area contributed by atoms with E-state index in [1.807, 2.05) is 25.1 Å². The number of nitrogens with one attached hydrogen (secondary N) is 1. The lowest BCUT2D eigenvalue weighted by atomic mass is 10.1. The maximum atomic E-state index is 12.3. The first-order valence-electron chi connectivity index (χ1n) is 9.48. The number of amides is 1. The highest BCUT2D eigenvalue weighted by Crippen LogP contribution is 2.29. The quantitative estimate of drug-likeness (QED) is 0.896. The van der Waals surface area contributed by atoms with E-state index in [0.717, 1.165) is 30.2 Å². The fourth-order valence-corrected chi connectivity index (χ4v) is 4.05. The van der Waals surface area contributed by atoms with Crippen molar-refractivity contribution in [2.24, 2.45) is 5.92 Å². The van der Waals surface area contributed by atoms with E-state index in [1.165, 1.54) is 25.7 Å². The van der Waals surface area contributed by atoms with Crippen LogP contribution in [0.3, 0.4) is 0 Å². The van der Waals surface area contributed by atoms with Crippen molar-refractivity contribution in [3.05, 3.63) is 36.3 Å². The number of pyridine rings is 1. The lowest BCUT2D eigenvalue weighted by Gasteiger charge is -2.24. The molecule has 3 heterocycles. The van der Waals surface area contributed by atoms with Gasteiger partial charge in [0.25, 0.3) is 0 Å². The zero-order chi connectivity index (χ0) is 17.9. The summed E-state index contributed by atoms with van der Waals surface area (Å²) in [5.74, 6) is 2.15. The number of likely N-dealkylation sites (tertiary alicyclic amines) is 1. The van der Waals surface area contributed by atoms with E-state index in [1.54, 1.807) is 12.4 Å². The number of aryl methyl sites for hydroxylation is 1. The Labute approximate surface area is 154 Å².